The summed E-state index contributed by atoms with van der Waals surface area (Å²) in [6.45, 7) is 8.88. The minimum atomic E-state index is 0.00491. The molecule has 0 radical (unpaired) electrons. The summed E-state index contributed by atoms with van der Waals surface area (Å²) in [5.74, 6) is 0.828. The van der Waals surface area contributed by atoms with Crippen LogP contribution >= 0.6 is 0 Å². The van der Waals surface area contributed by atoms with E-state index in [1.807, 2.05) is 6.07 Å². The van der Waals surface area contributed by atoms with Crippen molar-refractivity contribution in [3.8, 4) is 0 Å². The smallest absolute Gasteiger partial charge is 0.227 e. The third-order valence-corrected chi connectivity index (χ3v) is 5.04. The van der Waals surface area contributed by atoms with Crippen molar-refractivity contribution in [3.63, 3.8) is 0 Å². The van der Waals surface area contributed by atoms with Crippen LogP contribution in [0, 0.1) is 5.92 Å². The van der Waals surface area contributed by atoms with Gasteiger partial charge in [0.25, 0.3) is 0 Å². The van der Waals surface area contributed by atoms with Gasteiger partial charge in [0, 0.05) is 26.2 Å². The highest BCUT2D eigenvalue weighted by atomic mass is 16.5. The molecule has 1 aliphatic heterocycles. The molecule has 0 aromatic heterocycles. The van der Waals surface area contributed by atoms with Crippen molar-refractivity contribution in [1.29, 1.82) is 0 Å². The van der Waals surface area contributed by atoms with Crippen LogP contribution in [0.5, 0.6) is 0 Å². The molecule has 2 unspecified atom stereocenters. The molecule has 4 heteroatoms. The van der Waals surface area contributed by atoms with Gasteiger partial charge < -0.3 is 10.1 Å². The van der Waals surface area contributed by atoms with Crippen LogP contribution in [0.15, 0.2) is 24.3 Å². The molecule has 1 aromatic rings. The van der Waals surface area contributed by atoms with Crippen molar-refractivity contribution in [1.82, 2.24) is 10.2 Å². The van der Waals surface area contributed by atoms with Gasteiger partial charge in [0.05, 0.1) is 18.6 Å². The van der Waals surface area contributed by atoms with Crippen LogP contribution < -0.4 is 5.32 Å². The number of rotatable bonds is 5. The fraction of sp³-hybridized carbons (Fsp3) is 0.650. The number of morpholine rings is 1. The summed E-state index contributed by atoms with van der Waals surface area (Å²) < 4.78 is 5.84. The number of hydrogen-bond acceptors (Lipinski definition) is 3. The molecule has 1 amide bonds. The fourth-order valence-corrected chi connectivity index (χ4v) is 3.95. The van der Waals surface area contributed by atoms with E-state index in [4.69, 9.17) is 4.74 Å². The van der Waals surface area contributed by atoms with Gasteiger partial charge in [0.2, 0.25) is 5.91 Å². The maximum absolute atomic E-state index is 12.7. The lowest BCUT2D eigenvalue weighted by Crippen LogP contribution is -2.49. The fourth-order valence-electron chi connectivity index (χ4n) is 3.95. The Kier molecular flexibility index (Phi) is 5.90. The Bertz CT molecular complexity index is 558. The third-order valence-electron chi connectivity index (χ3n) is 5.04. The topological polar surface area (TPSA) is 41.6 Å². The highest BCUT2D eigenvalue weighted by molar-refractivity contribution is 5.84. The molecule has 1 saturated heterocycles. The summed E-state index contributed by atoms with van der Waals surface area (Å²) in [5.41, 5.74) is 2.55. The second-order valence-corrected chi connectivity index (χ2v) is 7.54. The Hall–Kier alpha value is -1.39. The molecule has 1 N–H and O–H groups in total. The van der Waals surface area contributed by atoms with Crippen LogP contribution in [0.2, 0.25) is 0 Å². The molecule has 4 nitrogen and oxygen atoms in total. The quantitative estimate of drug-likeness (QED) is 0.902. The third kappa shape index (κ3) is 4.37. The van der Waals surface area contributed by atoms with Gasteiger partial charge in [-0.15, -0.1) is 0 Å². The Morgan fingerprint density at radius 1 is 1.38 bits per heavy atom. The maximum Gasteiger partial charge on any atom is 0.227 e. The van der Waals surface area contributed by atoms with Crippen molar-refractivity contribution >= 4 is 5.91 Å². The number of fused-ring (bicyclic) bond motifs is 1. The predicted octanol–water partition coefficient (Wildman–Crippen LogP) is 2.58. The van der Waals surface area contributed by atoms with Gasteiger partial charge in [-0.3, -0.25) is 9.69 Å². The van der Waals surface area contributed by atoms with E-state index in [-0.39, 0.29) is 17.9 Å². The van der Waals surface area contributed by atoms with E-state index in [0.29, 0.717) is 12.5 Å². The summed E-state index contributed by atoms with van der Waals surface area (Å²) in [5, 5.41) is 3.15. The highest BCUT2D eigenvalue weighted by Crippen LogP contribution is 2.31. The summed E-state index contributed by atoms with van der Waals surface area (Å²) in [6, 6.07) is 8.37. The Balaban J connectivity index is 1.53. The SMILES string of the molecule is CC(C)CN1CCOC(CNC(=O)C2CCCc3ccccc32)C1. The highest BCUT2D eigenvalue weighted by Gasteiger charge is 2.27. The van der Waals surface area contributed by atoms with Crippen molar-refractivity contribution in [2.24, 2.45) is 5.92 Å². The predicted molar refractivity (Wildman–Crippen MR) is 96.1 cm³/mol. The number of carbonyl (C=O) groups excluding carboxylic acids is 1. The minimum absolute atomic E-state index is 0.00491. The van der Waals surface area contributed by atoms with Crippen LogP contribution in [0.3, 0.4) is 0 Å². The largest absolute Gasteiger partial charge is 0.374 e. The number of ether oxygens (including phenoxy) is 1. The number of carbonyl (C=O) groups is 1. The van der Waals surface area contributed by atoms with E-state index in [9.17, 15) is 4.79 Å². The number of benzene rings is 1. The first kappa shape index (κ1) is 17.4. The van der Waals surface area contributed by atoms with Gasteiger partial charge in [-0.25, -0.2) is 0 Å². The normalized spacial score (nSPS) is 24.6. The van der Waals surface area contributed by atoms with Crippen molar-refractivity contribution in [2.45, 2.75) is 45.1 Å². The number of nitrogens with zero attached hydrogens (tertiary/aromatic N) is 1. The van der Waals surface area contributed by atoms with Gasteiger partial charge in [-0.2, -0.15) is 0 Å². The molecular formula is C20H30N2O2. The first-order chi connectivity index (χ1) is 11.6. The monoisotopic (exact) mass is 330 g/mol. The number of hydrogen-bond donors (Lipinski definition) is 1. The average Bonchev–Trinajstić information content (AvgIpc) is 2.59. The van der Waals surface area contributed by atoms with E-state index in [2.05, 4.69) is 42.3 Å². The first-order valence-electron chi connectivity index (χ1n) is 9.33. The van der Waals surface area contributed by atoms with Crippen LogP contribution in [-0.4, -0.2) is 49.7 Å². The number of aryl methyl sites for hydroxylation is 1. The molecule has 1 aliphatic carbocycles. The van der Waals surface area contributed by atoms with Gasteiger partial charge in [0.15, 0.2) is 0 Å². The molecule has 0 bridgehead atoms. The molecule has 132 valence electrons. The lowest BCUT2D eigenvalue weighted by molar-refractivity contribution is -0.124. The lowest BCUT2D eigenvalue weighted by atomic mass is 9.82. The van der Waals surface area contributed by atoms with E-state index in [1.54, 1.807) is 0 Å². The molecule has 0 saturated carbocycles. The molecule has 0 spiro atoms. The molecule has 1 fully saturated rings. The molecule has 1 heterocycles. The molecule has 24 heavy (non-hydrogen) atoms. The summed E-state index contributed by atoms with van der Waals surface area (Å²) >= 11 is 0. The number of amides is 1. The second kappa shape index (κ2) is 8.13. The van der Waals surface area contributed by atoms with Crippen LogP contribution in [0.1, 0.15) is 43.7 Å². The molecular weight excluding hydrogens is 300 g/mol. The van der Waals surface area contributed by atoms with Crippen molar-refractivity contribution < 1.29 is 9.53 Å². The van der Waals surface area contributed by atoms with E-state index < -0.39 is 0 Å². The van der Waals surface area contributed by atoms with Gasteiger partial charge in [-0.1, -0.05) is 38.1 Å². The second-order valence-electron chi connectivity index (χ2n) is 7.54. The average molecular weight is 330 g/mol. The summed E-state index contributed by atoms with van der Waals surface area (Å²) in [6.07, 6.45) is 3.25. The Labute approximate surface area is 145 Å². The van der Waals surface area contributed by atoms with E-state index in [0.717, 1.165) is 45.5 Å². The summed E-state index contributed by atoms with van der Waals surface area (Å²) in [7, 11) is 0. The zero-order valence-electron chi connectivity index (χ0n) is 15.0. The van der Waals surface area contributed by atoms with E-state index in [1.165, 1.54) is 11.1 Å². The van der Waals surface area contributed by atoms with E-state index >= 15 is 0 Å². The maximum atomic E-state index is 12.7. The Morgan fingerprint density at radius 2 is 2.21 bits per heavy atom. The minimum Gasteiger partial charge on any atom is -0.374 e. The standard InChI is InChI=1S/C20H30N2O2/c1-15(2)13-22-10-11-24-17(14-22)12-21-20(23)19-9-5-7-16-6-3-4-8-18(16)19/h3-4,6,8,15,17,19H,5,7,9-14H2,1-2H3,(H,21,23). The molecule has 2 atom stereocenters. The van der Waals surface area contributed by atoms with Gasteiger partial charge in [-0.05, 0) is 36.3 Å². The molecule has 3 rings (SSSR count). The van der Waals surface area contributed by atoms with Crippen LogP contribution in [0.25, 0.3) is 0 Å². The zero-order valence-corrected chi connectivity index (χ0v) is 15.0. The lowest BCUT2D eigenvalue weighted by Gasteiger charge is -2.34. The van der Waals surface area contributed by atoms with Crippen LogP contribution in [-0.2, 0) is 16.0 Å². The van der Waals surface area contributed by atoms with Gasteiger partial charge >= 0.3 is 0 Å². The van der Waals surface area contributed by atoms with Crippen molar-refractivity contribution in [2.75, 3.05) is 32.8 Å². The number of nitrogens with one attached hydrogen (secondary N) is 1. The zero-order chi connectivity index (χ0) is 16.9. The van der Waals surface area contributed by atoms with Gasteiger partial charge in [0.1, 0.15) is 0 Å². The van der Waals surface area contributed by atoms with Crippen LogP contribution in [0.4, 0.5) is 0 Å². The van der Waals surface area contributed by atoms with Crippen molar-refractivity contribution in [3.05, 3.63) is 35.4 Å². The first-order valence-corrected chi connectivity index (χ1v) is 9.33. The molecule has 1 aromatic carbocycles. The Morgan fingerprint density at radius 3 is 3.04 bits per heavy atom. The summed E-state index contributed by atoms with van der Waals surface area (Å²) in [4.78, 5) is 15.1. The molecule has 2 aliphatic rings.